The molecule has 0 spiro atoms. The molecule has 0 fully saturated rings. The van der Waals surface area contributed by atoms with Crippen LogP contribution >= 0.6 is 11.3 Å². The number of primary amides is 1. The fraction of sp³-hybridized carbons (Fsp3) is 0.143. The number of carbonyl (C=O) groups excluding carboxylic acids is 1. The maximum atomic E-state index is 10.6. The van der Waals surface area contributed by atoms with Crippen LogP contribution in [-0.2, 0) is 11.3 Å². The molecule has 0 aliphatic carbocycles. The van der Waals surface area contributed by atoms with Crippen LogP contribution in [0.3, 0.4) is 0 Å². The van der Waals surface area contributed by atoms with Crippen molar-refractivity contribution in [1.29, 1.82) is 5.26 Å². The second kappa shape index (κ2) is 6.59. The second-order valence-corrected chi connectivity index (χ2v) is 5.04. The first kappa shape index (κ1) is 13.9. The number of hydrogen-bond acceptors (Lipinski definition) is 5. The molecule has 0 saturated heterocycles. The first-order valence-corrected chi connectivity index (χ1v) is 6.78. The van der Waals surface area contributed by atoms with Crippen molar-refractivity contribution in [3.05, 3.63) is 46.2 Å². The fourth-order valence-electron chi connectivity index (χ4n) is 1.54. The van der Waals surface area contributed by atoms with E-state index < -0.39 is 5.91 Å². The highest BCUT2D eigenvalue weighted by Gasteiger charge is 2.00. The van der Waals surface area contributed by atoms with Crippen LogP contribution < -0.4 is 15.8 Å². The summed E-state index contributed by atoms with van der Waals surface area (Å²) >= 11 is 1.55. The van der Waals surface area contributed by atoms with Crippen LogP contribution in [0.5, 0.6) is 5.75 Å². The largest absolute Gasteiger partial charge is 0.484 e. The molecule has 20 heavy (non-hydrogen) atoms. The number of benzene rings is 1. The van der Waals surface area contributed by atoms with Gasteiger partial charge in [-0.3, -0.25) is 4.79 Å². The smallest absolute Gasteiger partial charge is 0.255 e. The summed E-state index contributed by atoms with van der Waals surface area (Å²) in [6.45, 7) is 0.534. The number of nitriles is 1. The molecule has 1 aromatic carbocycles. The predicted molar refractivity (Wildman–Crippen MR) is 77.5 cm³/mol. The van der Waals surface area contributed by atoms with Crippen molar-refractivity contribution in [3.63, 3.8) is 0 Å². The third-order valence-corrected chi connectivity index (χ3v) is 3.42. The van der Waals surface area contributed by atoms with Gasteiger partial charge in [-0.25, -0.2) is 0 Å². The van der Waals surface area contributed by atoms with Crippen molar-refractivity contribution in [2.24, 2.45) is 5.73 Å². The number of hydrogen-bond donors (Lipinski definition) is 2. The molecule has 6 heteroatoms. The summed E-state index contributed by atoms with van der Waals surface area (Å²) in [4.78, 5) is 11.7. The lowest BCUT2D eigenvalue weighted by Gasteiger charge is -2.07. The van der Waals surface area contributed by atoms with E-state index in [2.05, 4.69) is 11.4 Å². The Morgan fingerprint density at radius 2 is 2.15 bits per heavy atom. The lowest BCUT2D eigenvalue weighted by molar-refractivity contribution is -0.119. The molecule has 5 nitrogen and oxygen atoms in total. The third-order valence-electron chi connectivity index (χ3n) is 2.49. The summed E-state index contributed by atoms with van der Waals surface area (Å²) in [5, 5.41) is 13.8. The van der Waals surface area contributed by atoms with E-state index in [0.29, 0.717) is 17.9 Å². The SMILES string of the molecule is N#Cc1csc(CNc2ccc(OCC(N)=O)cc2)c1. The van der Waals surface area contributed by atoms with Crippen LogP contribution in [0.1, 0.15) is 10.4 Å². The Labute approximate surface area is 120 Å². The molecule has 0 saturated carbocycles. The highest BCUT2D eigenvalue weighted by atomic mass is 32.1. The molecule has 0 atom stereocenters. The van der Waals surface area contributed by atoms with Crippen LogP contribution in [0.25, 0.3) is 0 Å². The van der Waals surface area contributed by atoms with E-state index in [1.54, 1.807) is 23.5 Å². The maximum Gasteiger partial charge on any atom is 0.255 e. The van der Waals surface area contributed by atoms with Gasteiger partial charge in [0.2, 0.25) is 0 Å². The number of rotatable bonds is 6. The average molecular weight is 287 g/mol. The summed E-state index contributed by atoms with van der Waals surface area (Å²) in [7, 11) is 0. The van der Waals surface area contributed by atoms with Gasteiger partial charge in [-0.15, -0.1) is 11.3 Å². The highest BCUT2D eigenvalue weighted by Crippen LogP contribution is 2.18. The maximum absolute atomic E-state index is 10.6. The molecule has 0 radical (unpaired) electrons. The zero-order chi connectivity index (χ0) is 14.4. The van der Waals surface area contributed by atoms with E-state index in [-0.39, 0.29) is 6.61 Å². The summed E-state index contributed by atoms with van der Waals surface area (Å²) in [6.07, 6.45) is 0. The van der Waals surface area contributed by atoms with Gasteiger partial charge in [0.05, 0.1) is 5.56 Å². The van der Waals surface area contributed by atoms with Gasteiger partial charge in [0.15, 0.2) is 6.61 Å². The van der Waals surface area contributed by atoms with Gasteiger partial charge in [-0.2, -0.15) is 5.26 Å². The molecule has 1 heterocycles. The standard InChI is InChI=1S/C14H13N3O2S/c15-6-10-5-13(20-9-10)7-17-11-1-3-12(4-2-11)19-8-14(16)18/h1-5,9,17H,7-8H2,(H2,16,18). The number of anilines is 1. The highest BCUT2D eigenvalue weighted by molar-refractivity contribution is 7.10. The van der Waals surface area contributed by atoms with E-state index >= 15 is 0 Å². The molecular formula is C14H13N3O2S. The molecular weight excluding hydrogens is 274 g/mol. The lowest BCUT2D eigenvalue weighted by atomic mass is 10.3. The van der Waals surface area contributed by atoms with Crippen LogP contribution in [0, 0.1) is 11.3 Å². The second-order valence-electron chi connectivity index (χ2n) is 4.05. The van der Waals surface area contributed by atoms with Crippen LogP contribution in [0.15, 0.2) is 35.7 Å². The van der Waals surface area contributed by atoms with Crippen LogP contribution in [0.4, 0.5) is 5.69 Å². The Morgan fingerprint density at radius 1 is 1.40 bits per heavy atom. The van der Waals surface area contributed by atoms with Crippen molar-refractivity contribution in [2.45, 2.75) is 6.54 Å². The number of carbonyl (C=O) groups is 1. The normalized spacial score (nSPS) is 9.75. The van der Waals surface area contributed by atoms with Gasteiger partial charge in [-0.1, -0.05) is 0 Å². The monoisotopic (exact) mass is 287 g/mol. The number of nitrogens with two attached hydrogens (primary N) is 1. The van der Waals surface area contributed by atoms with Crippen molar-refractivity contribution in [3.8, 4) is 11.8 Å². The summed E-state index contributed by atoms with van der Waals surface area (Å²) in [6, 6.07) is 11.2. The minimum absolute atomic E-state index is 0.126. The number of nitrogens with one attached hydrogen (secondary N) is 1. The lowest BCUT2D eigenvalue weighted by Crippen LogP contribution is -2.19. The van der Waals surface area contributed by atoms with Gasteiger partial charge in [0, 0.05) is 22.5 Å². The van der Waals surface area contributed by atoms with E-state index in [0.717, 1.165) is 10.6 Å². The number of ether oxygens (including phenoxy) is 1. The molecule has 1 amide bonds. The number of amides is 1. The van der Waals surface area contributed by atoms with Gasteiger partial charge in [-0.05, 0) is 30.3 Å². The first-order chi connectivity index (χ1) is 9.67. The minimum Gasteiger partial charge on any atom is -0.484 e. The predicted octanol–water partition coefficient (Wildman–Crippen LogP) is 2.10. The van der Waals surface area contributed by atoms with Gasteiger partial charge in [0.25, 0.3) is 5.91 Å². The fourth-order valence-corrected chi connectivity index (χ4v) is 2.29. The molecule has 0 aliphatic rings. The number of nitrogens with zero attached hydrogens (tertiary/aromatic N) is 1. The number of thiophene rings is 1. The molecule has 2 rings (SSSR count). The van der Waals surface area contributed by atoms with Crippen molar-refractivity contribution >= 4 is 22.9 Å². The Morgan fingerprint density at radius 3 is 2.75 bits per heavy atom. The van der Waals surface area contributed by atoms with E-state index in [1.165, 1.54) is 0 Å². The molecule has 0 bridgehead atoms. The minimum atomic E-state index is -0.502. The zero-order valence-corrected chi connectivity index (χ0v) is 11.4. The van der Waals surface area contributed by atoms with Crippen molar-refractivity contribution in [2.75, 3.05) is 11.9 Å². The Hall–Kier alpha value is -2.52. The zero-order valence-electron chi connectivity index (χ0n) is 10.6. The Kier molecular flexibility index (Phi) is 4.58. The van der Waals surface area contributed by atoms with E-state index in [9.17, 15) is 4.79 Å². The van der Waals surface area contributed by atoms with E-state index in [4.69, 9.17) is 15.7 Å². The van der Waals surface area contributed by atoms with Crippen LogP contribution in [0.2, 0.25) is 0 Å². The van der Waals surface area contributed by atoms with Gasteiger partial charge in [0.1, 0.15) is 11.8 Å². The quantitative estimate of drug-likeness (QED) is 0.851. The third kappa shape index (κ3) is 4.00. The molecule has 0 unspecified atom stereocenters. The molecule has 3 N–H and O–H groups in total. The summed E-state index contributed by atoms with van der Waals surface area (Å²) in [5.74, 6) is 0.0930. The van der Waals surface area contributed by atoms with E-state index in [1.807, 2.05) is 23.6 Å². The summed E-state index contributed by atoms with van der Waals surface area (Å²) < 4.78 is 5.17. The first-order valence-electron chi connectivity index (χ1n) is 5.90. The molecule has 102 valence electrons. The van der Waals surface area contributed by atoms with Gasteiger partial charge < -0.3 is 15.8 Å². The summed E-state index contributed by atoms with van der Waals surface area (Å²) in [5.41, 5.74) is 6.61. The van der Waals surface area contributed by atoms with Gasteiger partial charge >= 0.3 is 0 Å². The van der Waals surface area contributed by atoms with Crippen molar-refractivity contribution in [1.82, 2.24) is 0 Å². The average Bonchev–Trinajstić information content (AvgIpc) is 2.92. The molecule has 2 aromatic rings. The van der Waals surface area contributed by atoms with Crippen LogP contribution in [-0.4, -0.2) is 12.5 Å². The molecule has 1 aromatic heterocycles. The van der Waals surface area contributed by atoms with Crippen molar-refractivity contribution < 1.29 is 9.53 Å². The Bertz CT molecular complexity index is 629. The molecule has 0 aliphatic heterocycles. The topological polar surface area (TPSA) is 88.1 Å². The Balaban J connectivity index is 1.87.